The second-order valence-electron chi connectivity index (χ2n) is 3.48. The van der Waals surface area contributed by atoms with Crippen molar-refractivity contribution in [2.45, 2.75) is 32.1 Å². The summed E-state index contributed by atoms with van der Waals surface area (Å²) in [5.41, 5.74) is 0.408. The fourth-order valence-corrected chi connectivity index (χ4v) is 1.52. The Balaban J connectivity index is 2.95. The first kappa shape index (κ1) is 12.4. The van der Waals surface area contributed by atoms with Crippen LogP contribution in [0.15, 0.2) is 12.4 Å². The molecule has 0 fully saturated rings. The molecule has 88 valence electrons. The highest BCUT2D eigenvalue weighted by Gasteiger charge is 2.24. The monoisotopic (exact) mass is 224 g/mol. The van der Waals surface area contributed by atoms with E-state index in [9.17, 15) is 4.79 Å². The molecule has 0 saturated heterocycles. The summed E-state index contributed by atoms with van der Waals surface area (Å²) in [6.07, 6.45) is 5.32. The maximum atomic E-state index is 11.2. The molecule has 0 bridgehead atoms. The van der Waals surface area contributed by atoms with Gasteiger partial charge in [0.2, 0.25) is 5.88 Å². The minimum atomic E-state index is -0.882. The van der Waals surface area contributed by atoms with Gasteiger partial charge in [0, 0.05) is 12.4 Å². The van der Waals surface area contributed by atoms with Crippen molar-refractivity contribution in [3.8, 4) is 5.88 Å². The number of ether oxygens (including phenoxy) is 1. The van der Waals surface area contributed by atoms with Gasteiger partial charge in [0.05, 0.1) is 7.11 Å². The minimum Gasteiger partial charge on any atom is -0.481 e. The zero-order valence-corrected chi connectivity index (χ0v) is 9.51. The number of hydrogen-bond acceptors (Lipinski definition) is 4. The maximum absolute atomic E-state index is 11.2. The van der Waals surface area contributed by atoms with Gasteiger partial charge in [-0.2, -0.15) is 0 Å². The Kier molecular flexibility index (Phi) is 4.69. The average molecular weight is 224 g/mol. The van der Waals surface area contributed by atoms with Crippen LogP contribution >= 0.6 is 0 Å². The number of methoxy groups -OCH3 is 1. The molecule has 0 aliphatic carbocycles. The number of nitrogens with zero attached hydrogens (tertiary/aromatic N) is 2. The fraction of sp³-hybridized carbons (Fsp3) is 0.545. The van der Waals surface area contributed by atoms with Gasteiger partial charge in [0.15, 0.2) is 0 Å². The number of carbonyl (C=O) groups is 1. The summed E-state index contributed by atoms with van der Waals surface area (Å²) < 4.78 is 5.02. The molecule has 1 aromatic heterocycles. The zero-order valence-electron chi connectivity index (χ0n) is 9.51. The first-order valence-corrected chi connectivity index (χ1v) is 5.28. The number of carboxylic acid groups (broad SMARTS) is 1. The van der Waals surface area contributed by atoms with Crippen molar-refractivity contribution in [3.63, 3.8) is 0 Å². The van der Waals surface area contributed by atoms with Crippen molar-refractivity contribution in [1.29, 1.82) is 0 Å². The van der Waals surface area contributed by atoms with Crippen LogP contribution in [0.3, 0.4) is 0 Å². The van der Waals surface area contributed by atoms with Crippen LogP contribution in [-0.4, -0.2) is 28.2 Å². The van der Waals surface area contributed by atoms with Crippen molar-refractivity contribution >= 4 is 5.97 Å². The SMILES string of the molecule is CCCCC(C(=O)O)c1nccnc1OC. The normalized spacial score (nSPS) is 12.1. The minimum absolute atomic E-state index is 0.297. The van der Waals surface area contributed by atoms with E-state index in [1.54, 1.807) is 0 Å². The third kappa shape index (κ3) is 2.92. The highest BCUT2D eigenvalue weighted by molar-refractivity contribution is 5.76. The van der Waals surface area contributed by atoms with Gasteiger partial charge in [-0.05, 0) is 6.42 Å². The Bertz CT molecular complexity index is 355. The quantitative estimate of drug-likeness (QED) is 0.798. The summed E-state index contributed by atoms with van der Waals surface area (Å²) in [7, 11) is 1.46. The van der Waals surface area contributed by atoms with E-state index in [0.29, 0.717) is 18.0 Å². The van der Waals surface area contributed by atoms with Gasteiger partial charge in [-0.1, -0.05) is 19.8 Å². The topological polar surface area (TPSA) is 72.3 Å². The third-order valence-corrected chi connectivity index (χ3v) is 2.36. The number of hydrogen-bond donors (Lipinski definition) is 1. The molecule has 1 rings (SSSR count). The summed E-state index contributed by atoms with van der Waals surface area (Å²) >= 11 is 0. The van der Waals surface area contributed by atoms with E-state index in [4.69, 9.17) is 9.84 Å². The molecule has 0 aromatic carbocycles. The molecule has 1 aromatic rings. The number of aliphatic carboxylic acids is 1. The van der Waals surface area contributed by atoms with E-state index < -0.39 is 11.9 Å². The molecule has 1 unspecified atom stereocenters. The van der Waals surface area contributed by atoms with Gasteiger partial charge in [-0.15, -0.1) is 0 Å². The molecule has 1 heterocycles. The Morgan fingerprint density at radius 2 is 2.19 bits per heavy atom. The van der Waals surface area contributed by atoms with Gasteiger partial charge in [-0.25, -0.2) is 4.98 Å². The Morgan fingerprint density at radius 1 is 1.50 bits per heavy atom. The molecular weight excluding hydrogens is 208 g/mol. The predicted molar refractivity (Wildman–Crippen MR) is 58.5 cm³/mol. The molecule has 0 radical (unpaired) electrons. The second kappa shape index (κ2) is 6.05. The molecule has 0 amide bonds. The smallest absolute Gasteiger partial charge is 0.312 e. The molecule has 1 N–H and O–H groups in total. The van der Waals surface area contributed by atoms with Crippen LogP contribution in [0.5, 0.6) is 5.88 Å². The van der Waals surface area contributed by atoms with E-state index in [2.05, 4.69) is 9.97 Å². The zero-order chi connectivity index (χ0) is 12.0. The van der Waals surface area contributed by atoms with Crippen molar-refractivity contribution in [1.82, 2.24) is 9.97 Å². The highest BCUT2D eigenvalue weighted by Crippen LogP contribution is 2.26. The van der Waals surface area contributed by atoms with E-state index in [1.165, 1.54) is 19.5 Å². The third-order valence-electron chi connectivity index (χ3n) is 2.36. The largest absolute Gasteiger partial charge is 0.481 e. The van der Waals surface area contributed by atoms with Crippen LogP contribution in [0, 0.1) is 0 Å². The molecule has 0 spiro atoms. The van der Waals surface area contributed by atoms with Crippen LogP contribution < -0.4 is 4.74 Å². The number of rotatable bonds is 6. The average Bonchev–Trinajstić information content (AvgIpc) is 2.29. The first-order valence-electron chi connectivity index (χ1n) is 5.28. The van der Waals surface area contributed by atoms with E-state index in [-0.39, 0.29) is 0 Å². The molecular formula is C11H16N2O3. The Morgan fingerprint density at radius 3 is 2.75 bits per heavy atom. The van der Waals surface area contributed by atoms with Crippen LogP contribution in [0.2, 0.25) is 0 Å². The standard InChI is InChI=1S/C11H16N2O3/c1-3-4-5-8(11(14)15)9-10(16-2)13-7-6-12-9/h6-8H,3-5H2,1-2H3,(H,14,15). The van der Waals surface area contributed by atoms with Crippen LogP contribution in [-0.2, 0) is 4.79 Å². The molecule has 5 nitrogen and oxygen atoms in total. The lowest BCUT2D eigenvalue weighted by Crippen LogP contribution is -2.15. The Hall–Kier alpha value is -1.65. The summed E-state index contributed by atoms with van der Waals surface area (Å²) in [6, 6.07) is 0. The fourth-order valence-electron chi connectivity index (χ4n) is 1.52. The lowest BCUT2D eigenvalue weighted by atomic mass is 9.98. The van der Waals surface area contributed by atoms with E-state index in [0.717, 1.165) is 12.8 Å². The number of aromatic nitrogens is 2. The maximum Gasteiger partial charge on any atom is 0.312 e. The lowest BCUT2D eigenvalue weighted by Gasteiger charge is -2.13. The van der Waals surface area contributed by atoms with Gasteiger partial charge < -0.3 is 9.84 Å². The highest BCUT2D eigenvalue weighted by atomic mass is 16.5. The van der Waals surface area contributed by atoms with Crippen molar-refractivity contribution in [2.75, 3.05) is 7.11 Å². The molecule has 0 aliphatic heterocycles. The van der Waals surface area contributed by atoms with Gasteiger partial charge in [-0.3, -0.25) is 9.78 Å². The second-order valence-corrected chi connectivity index (χ2v) is 3.48. The van der Waals surface area contributed by atoms with E-state index >= 15 is 0 Å². The van der Waals surface area contributed by atoms with Crippen molar-refractivity contribution < 1.29 is 14.6 Å². The van der Waals surface area contributed by atoms with Gasteiger partial charge in [0.1, 0.15) is 11.6 Å². The van der Waals surface area contributed by atoms with Crippen molar-refractivity contribution in [2.24, 2.45) is 0 Å². The van der Waals surface area contributed by atoms with Gasteiger partial charge >= 0.3 is 5.97 Å². The summed E-state index contributed by atoms with van der Waals surface area (Å²) in [4.78, 5) is 19.2. The summed E-state index contributed by atoms with van der Waals surface area (Å²) in [6.45, 7) is 2.02. The van der Waals surface area contributed by atoms with Crippen LogP contribution in [0.25, 0.3) is 0 Å². The molecule has 0 aliphatic rings. The molecule has 5 heteroatoms. The van der Waals surface area contributed by atoms with Crippen LogP contribution in [0.4, 0.5) is 0 Å². The summed E-state index contributed by atoms with van der Waals surface area (Å²) in [5, 5.41) is 9.15. The van der Waals surface area contributed by atoms with Crippen LogP contribution in [0.1, 0.15) is 37.8 Å². The molecule has 0 saturated carbocycles. The molecule has 1 atom stereocenters. The van der Waals surface area contributed by atoms with Gasteiger partial charge in [0.25, 0.3) is 0 Å². The van der Waals surface area contributed by atoms with E-state index in [1.807, 2.05) is 6.92 Å². The molecule has 16 heavy (non-hydrogen) atoms. The predicted octanol–water partition coefficient (Wildman–Crippen LogP) is 1.84. The first-order chi connectivity index (χ1) is 7.70. The summed E-state index contributed by atoms with van der Waals surface area (Å²) in [5.74, 6) is -1.22. The Labute approximate surface area is 94.5 Å². The lowest BCUT2D eigenvalue weighted by molar-refractivity contribution is -0.139. The number of unbranched alkanes of at least 4 members (excludes halogenated alkanes) is 1. The van der Waals surface area contributed by atoms with Crippen molar-refractivity contribution in [3.05, 3.63) is 18.1 Å². The number of carboxylic acids is 1.